The van der Waals surface area contributed by atoms with Crippen LogP contribution >= 0.6 is 0 Å². The molecule has 0 amide bonds. The third kappa shape index (κ3) is 7.10. The maximum Gasteiger partial charge on any atom is 0.158 e. The zero-order chi connectivity index (χ0) is 10.5. The molecule has 0 aromatic rings. The standard InChI is InChI=1S/C11H22NO.ClH/c1-6-12(4,5)9-7-8-11(13)10(2)3;/h2,6-9H2,1,3-5H3;1H/q+1;/p-1. The molecule has 0 spiro atoms. The van der Waals surface area contributed by atoms with Gasteiger partial charge in [-0.2, -0.15) is 0 Å². The van der Waals surface area contributed by atoms with Crippen LogP contribution < -0.4 is 12.4 Å². The molecule has 0 rings (SSSR count). The Morgan fingerprint density at radius 1 is 1.36 bits per heavy atom. The van der Waals surface area contributed by atoms with E-state index in [9.17, 15) is 4.79 Å². The van der Waals surface area contributed by atoms with Gasteiger partial charge in [-0.15, -0.1) is 0 Å². The molecule has 0 atom stereocenters. The second-order valence-electron chi connectivity index (χ2n) is 4.28. The number of ketones is 1. The van der Waals surface area contributed by atoms with E-state index in [0.29, 0.717) is 12.0 Å². The Hall–Kier alpha value is -0.340. The minimum absolute atomic E-state index is 0. The van der Waals surface area contributed by atoms with Crippen LogP contribution in [-0.2, 0) is 4.79 Å². The fourth-order valence-electron chi connectivity index (χ4n) is 1.04. The summed E-state index contributed by atoms with van der Waals surface area (Å²) in [7, 11) is 4.37. The lowest BCUT2D eigenvalue weighted by Gasteiger charge is -2.27. The van der Waals surface area contributed by atoms with Gasteiger partial charge in [-0.3, -0.25) is 4.79 Å². The maximum atomic E-state index is 11.2. The average Bonchev–Trinajstić information content (AvgIpc) is 2.04. The van der Waals surface area contributed by atoms with Gasteiger partial charge in [0.15, 0.2) is 5.78 Å². The quantitative estimate of drug-likeness (QED) is 0.414. The van der Waals surface area contributed by atoms with E-state index >= 15 is 0 Å². The van der Waals surface area contributed by atoms with E-state index in [1.165, 1.54) is 0 Å². The first-order valence-corrected chi connectivity index (χ1v) is 4.90. The molecule has 14 heavy (non-hydrogen) atoms. The molecule has 0 aliphatic carbocycles. The molecule has 0 bridgehead atoms. The molecule has 0 aliphatic rings. The van der Waals surface area contributed by atoms with E-state index in [1.807, 2.05) is 0 Å². The van der Waals surface area contributed by atoms with Crippen LogP contribution in [0, 0.1) is 0 Å². The molecule has 0 aromatic heterocycles. The van der Waals surface area contributed by atoms with E-state index in [0.717, 1.165) is 24.0 Å². The monoisotopic (exact) mass is 219 g/mol. The zero-order valence-corrected chi connectivity index (χ0v) is 10.5. The highest BCUT2D eigenvalue weighted by Crippen LogP contribution is 2.04. The van der Waals surface area contributed by atoms with Gasteiger partial charge in [0.1, 0.15) is 0 Å². The largest absolute Gasteiger partial charge is 1.00 e. The van der Waals surface area contributed by atoms with Crippen molar-refractivity contribution in [1.29, 1.82) is 0 Å². The molecule has 0 aliphatic heterocycles. The van der Waals surface area contributed by atoms with Crippen molar-refractivity contribution in [2.24, 2.45) is 0 Å². The lowest BCUT2D eigenvalue weighted by Crippen LogP contribution is -3.00. The fraction of sp³-hybridized carbons (Fsp3) is 0.727. The Kier molecular flexibility index (Phi) is 8.07. The topological polar surface area (TPSA) is 17.1 Å². The molecule has 84 valence electrons. The van der Waals surface area contributed by atoms with Crippen LogP contribution in [0.1, 0.15) is 26.7 Å². The van der Waals surface area contributed by atoms with Crippen LogP contribution in [-0.4, -0.2) is 37.5 Å². The van der Waals surface area contributed by atoms with E-state index < -0.39 is 0 Å². The number of quaternary nitrogens is 1. The average molecular weight is 220 g/mol. The summed E-state index contributed by atoms with van der Waals surface area (Å²) in [6, 6.07) is 0. The van der Waals surface area contributed by atoms with Gasteiger partial charge < -0.3 is 16.9 Å². The molecule has 0 saturated carbocycles. The summed E-state index contributed by atoms with van der Waals surface area (Å²) in [6.45, 7) is 9.76. The van der Waals surface area contributed by atoms with E-state index in [2.05, 4.69) is 27.6 Å². The first-order valence-electron chi connectivity index (χ1n) is 4.90. The summed E-state index contributed by atoms with van der Waals surface area (Å²) in [5.41, 5.74) is 0.682. The van der Waals surface area contributed by atoms with Gasteiger partial charge in [-0.05, 0) is 19.4 Å². The molecule has 2 nitrogen and oxygen atoms in total. The molecular formula is C11H22ClNO. The molecular weight excluding hydrogens is 198 g/mol. The SMILES string of the molecule is C=C(C)C(=O)CCC[N+](C)(C)CC.[Cl-]. The highest BCUT2D eigenvalue weighted by Gasteiger charge is 2.12. The zero-order valence-electron chi connectivity index (χ0n) is 9.77. The number of Topliss-reactive ketones (excluding diaryl/α,β-unsaturated/α-hetero) is 1. The Morgan fingerprint density at radius 3 is 2.21 bits per heavy atom. The van der Waals surface area contributed by atoms with Crippen molar-refractivity contribution in [3.8, 4) is 0 Å². The lowest BCUT2D eigenvalue weighted by atomic mass is 10.1. The van der Waals surface area contributed by atoms with Crippen molar-refractivity contribution in [2.45, 2.75) is 26.7 Å². The first kappa shape index (κ1) is 16.1. The number of allylic oxidation sites excluding steroid dienone is 1. The smallest absolute Gasteiger partial charge is 0.158 e. The van der Waals surface area contributed by atoms with Crippen molar-refractivity contribution in [2.75, 3.05) is 27.2 Å². The predicted molar refractivity (Wildman–Crippen MR) is 56.6 cm³/mol. The molecule has 0 heterocycles. The van der Waals surface area contributed by atoms with Crippen LogP contribution in [0.5, 0.6) is 0 Å². The Morgan fingerprint density at radius 2 is 1.86 bits per heavy atom. The number of halogens is 1. The van der Waals surface area contributed by atoms with E-state index in [-0.39, 0.29) is 18.2 Å². The fourth-order valence-corrected chi connectivity index (χ4v) is 1.04. The van der Waals surface area contributed by atoms with Crippen LogP contribution in [0.3, 0.4) is 0 Å². The molecule has 0 unspecified atom stereocenters. The van der Waals surface area contributed by atoms with Crippen molar-refractivity contribution in [3.63, 3.8) is 0 Å². The number of hydrogen-bond acceptors (Lipinski definition) is 1. The molecule has 0 radical (unpaired) electrons. The summed E-state index contributed by atoms with van der Waals surface area (Å²) in [5.74, 6) is 0.205. The van der Waals surface area contributed by atoms with Gasteiger partial charge in [0.05, 0.1) is 27.2 Å². The maximum absolute atomic E-state index is 11.2. The van der Waals surface area contributed by atoms with Gasteiger partial charge in [-0.25, -0.2) is 0 Å². The molecule has 0 saturated heterocycles. The number of hydrogen-bond donors (Lipinski definition) is 0. The van der Waals surface area contributed by atoms with Crippen LogP contribution in [0.4, 0.5) is 0 Å². The van der Waals surface area contributed by atoms with Crippen LogP contribution in [0.2, 0.25) is 0 Å². The van der Waals surface area contributed by atoms with Gasteiger partial charge in [0.25, 0.3) is 0 Å². The highest BCUT2D eigenvalue weighted by atomic mass is 35.5. The van der Waals surface area contributed by atoms with Crippen molar-refractivity contribution >= 4 is 5.78 Å². The van der Waals surface area contributed by atoms with Crippen molar-refractivity contribution < 1.29 is 21.7 Å². The summed E-state index contributed by atoms with van der Waals surface area (Å²) < 4.78 is 0.990. The summed E-state index contributed by atoms with van der Waals surface area (Å²) in [5, 5.41) is 0. The summed E-state index contributed by atoms with van der Waals surface area (Å²) in [4.78, 5) is 11.2. The van der Waals surface area contributed by atoms with Crippen molar-refractivity contribution in [1.82, 2.24) is 0 Å². The number of nitrogens with zero attached hydrogens (tertiary/aromatic N) is 1. The van der Waals surface area contributed by atoms with Gasteiger partial charge >= 0.3 is 0 Å². The number of carbonyl (C=O) groups excluding carboxylic acids is 1. The second-order valence-corrected chi connectivity index (χ2v) is 4.28. The molecule has 0 fully saturated rings. The van der Waals surface area contributed by atoms with Crippen LogP contribution in [0.15, 0.2) is 12.2 Å². The number of carbonyl (C=O) groups is 1. The molecule has 0 aromatic carbocycles. The molecule has 0 N–H and O–H groups in total. The second kappa shape index (κ2) is 7.02. The lowest BCUT2D eigenvalue weighted by molar-refractivity contribution is -0.888. The Bertz CT molecular complexity index is 199. The van der Waals surface area contributed by atoms with Gasteiger partial charge in [0, 0.05) is 12.8 Å². The van der Waals surface area contributed by atoms with Gasteiger partial charge in [0.2, 0.25) is 0 Å². The Labute approximate surface area is 94.0 Å². The minimum atomic E-state index is 0. The first-order chi connectivity index (χ1) is 5.89. The van der Waals surface area contributed by atoms with E-state index in [4.69, 9.17) is 0 Å². The number of rotatable bonds is 6. The third-order valence-corrected chi connectivity index (χ3v) is 2.50. The third-order valence-electron chi connectivity index (χ3n) is 2.50. The van der Waals surface area contributed by atoms with Gasteiger partial charge in [-0.1, -0.05) is 6.58 Å². The summed E-state index contributed by atoms with van der Waals surface area (Å²) >= 11 is 0. The van der Waals surface area contributed by atoms with Crippen molar-refractivity contribution in [3.05, 3.63) is 12.2 Å². The van der Waals surface area contributed by atoms with E-state index in [1.54, 1.807) is 6.92 Å². The Balaban J connectivity index is 0. The summed E-state index contributed by atoms with van der Waals surface area (Å²) in [6.07, 6.45) is 1.61. The normalized spacial score (nSPS) is 10.6. The molecule has 3 heteroatoms. The van der Waals surface area contributed by atoms with Crippen LogP contribution in [0.25, 0.3) is 0 Å². The predicted octanol–water partition coefficient (Wildman–Crippen LogP) is -0.988. The minimum Gasteiger partial charge on any atom is -1.00 e. The highest BCUT2D eigenvalue weighted by molar-refractivity contribution is 5.93.